The first-order chi connectivity index (χ1) is 12.6. The molecule has 3 atom stereocenters. The zero-order valence-corrected chi connectivity index (χ0v) is 19.0. The number of nitrogens with zero attached hydrogens (tertiary/aromatic N) is 3. The summed E-state index contributed by atoms with van der Waals surface area (Å²) in [6.45, 7) is 0.230. The van der Waals surface area contributed by atoms with Gasteiger partial charge in [-0.3, -0.25) is 0 Å². The minimum Gasteiger partial charge on any atom is -0.396 e. The Morgan fingerprint density at radius 2 is 2.04 bits per heavy atom. The van der Waals surface area contributed by atoms with Gasteiger partial charge in [0.2, 0.25) is 0 Å². The number of aromatic nitrogens is 3. The van der Waals surface area contributed by atoms with Crippen molar-refractivity contribution in [2.45, 2.75) is 68.9 Å². The van der Waals surface area contributed by atoms with Crippen LogP contribution in [0.4, 0.5) is 5.82 Å². The number of fused-ring (bicyclic) bond motifs is 3. The molecule has 6 nitrogen and oxygen atoms in total. The van der Waals surface area contributed by atoms with Gasteiger partial charge in [0.15, 0.2) is 5.65 Å². The van der Waals surface area contributed by atoms with Crippen molar-refractivity contribution in [3.63, 3.8) is 0 Å². The second-order valence-corrected chi connectivity index (χ2v) is 9.23. The van der Waals surface area contributed by atoms with Gasteiger partial charge in [-0.2, -0.15) is 9.61 Å². The highest BCUT2D eigenvalue weighted by Crippen LogP contribution is 2.54. The smallest absolute Gasteiger partial charge is 0.171 e. The number of hydrogen-bond donors (Lipinski definition) is 3. The third kappa shape index (κ3) is 3.23. The summed E-state index contributed by atoms with van der Waals surface area (Å²) in [5.41, 5.74) is 9.50. The van der Waals surface area contributed by atoms with E-state index in [1.54, 1.807) is 0 Å². The molecular weight excluding hydrogens is 465 g/mol. The van der Waals surface area contributed by atoms with Crippen LogP contribution in [0.2, 0.25) is 0 Å². The zero-order valence-electron chi connectivity index (χ0n) is 15.7. The topological polar surface area (TPSA) is 88.5 Å². The van der Waals surface area contributed by atoms with Crippen molar-refractivity contribution in [1.82, 2.24) is 14.6 Å². The van der Waals surface area contributed by atoms with Crippen molar-refractivity contribution >= 4 is 52.2 Å². The molecule has 2 saturated carbocycles. The average molecular weight is 493 g/mol. The maximum absolute atomic E-state index is 10.1. The van der Waals surface area contributed by atoms with Crippen LogP contribution in [0.15, 0.2) is 10.7 Å². The molecular formula is C19H28BrCl2N5O. The fourth-order valence-corrected chi connectivity index (χ4v) is 5.97. The Bertz CT molecular complexity index is 854. The van der Waals surface area contributed by atoms with E-state index in [1.807, 2.05) is 10.7 Å². The summed E-state index contributed by atoms with van der Waals surface area (Å²) in [4.78, 5) is 5.08. The fraction of sp³-hybridized carbons (Fsp3) is 0.684. The van der Waals surface area contributed by atoms with Crippen molar-refractivity contribution in [2.75, 3.05) is 11.9 Å². The third-order valence-corrected chi connectivity index (χ3v) is 7.50. The molecule has 2 heterocycles. The van der Waals surface area contributed by atoms with Crippen LogP contribution in [0.1, 0.15) is 56.2 Å². The summed E-state index contributed by atoms with van der Waals surface area (Å²) in [7, 11) is 0. The molecule has 1 unspecified atom stereocenters. The Morgan fingerprint density at radius 3 is 2.68 bits per heavy atom. The summed E-state index contributed by atoms with van der Waals surface area (Å²) in [6.07, 6.45) is 10.6. The van der Waals surface area contributed by atoms with Crippen LogP contribution < -0.4 is 11.1 Å². The summed E-state index contributed by atoms with van der Waals surface area (Å²) >= 11 is 3.62. The van der Waals surface area contributed by atoms with Crippen LogP contribution in [0.25, 0.3) is 5.65 Å². The molecule has 0 saturated heterocycles. The van der Waals surface area contributed by atoms with E-state index in [0.717, 1.165) is 54.5 Å². The second kappa shape index (κ2) is 8.26. The molecule has 28 heavy (non-hydrogen) atoms. The summed E-state index contributed by atoms with van der Waals surface area (Å²) < 4.78 is 2.86. The standard InChI is InChI=1S/C19H26BrN5O.2ClH/c20-15-9-22-25-17(23-13-4-3-12(21)8-13)14-7-11(10-26)19(5-1-2-6-19)16(14)24-18(15)25;;/h9,11-13,23,26H,1-8,10,21H2;2*1H/t11?,12-,13+;;/m0../s1. The van der Waals surface area contributed by atoms with Gasteiger partial charge in [-0.15, -0.1) is 24.8 Å². The van der Waals surface area contributed by atoms with Gasteiger partial charge in [0.1, 0.15) is 5.82 Å². The summed E-state index contributed by atoms with van der Waals surface area (Å²) in [5.74, 6) is 1.33. The largest absolute Gasteiger partial charge is 0.396 e. The molecule has 4 N–H and O–H groups in total. The number of aliphatic hydroxyl groups is 1. The van der Waals surface area contributed by atoms with Gasteiger partial charge in [0, 0.05) is 29.7 Å². The maximum Gasteiger partial charge on any atom is 0.171 e. The molecule has 0 amide bonds. The summed E-state index contributed by atoms with van der Waals surface area (Å²) in [6, 6.07) is 0.670. The normalized spacial score (nSPS) is 27.6. The molecule has 2 aromatic rings. The first kappa shape index (κ1) is 22.1. The van der Waals surface area contributed by atoms with Crippen molar-refractivity contribution in [3.8, 4) is 0 Å². The Morgan fingerprint density at radius 1 is 1.29 bits per heavy atom. The monoisotopic (exact) mass is 491 g/mol. The molecule has 3 aliphatic rings. The van der Waals surface area contributed by atoms with Crippen LogP contribution >= 0.6 is 40.7 Å². The lowest BCUT2D eigenvalue weighted by Crippen LogP contribution is -2.31. The van der Waals surface area contributed by atoms with Gasteiger partial charge < -0.3 is 16.2 Å². The third-order valence-electron chi connectivity index (χ3n) is 6.94. The number of halogens is 3. The highest BCUT2D eigenvalue weighted by Gasteiger charge is 2.51. The lowest BCUT2D eigenvalue weighted by Gasteiger charge is -2.30. The molecule has 1 spiro atoms. The van der Waals surface area contributed by atoms with Crippen LogP contribution in [0.3, 0.4) is 0 Å². The SMILES string of the molecule is Cl.Cl.N[C@H]1CC[C@@H](Nc2c3c(nc4c(Br)cnn24)C2(CCCC2)C(CO)C3)C1. The van der Waals surface area contributed by atoms with E-state index in [2.05, 4.69) is 26.3 Å². The Hall–Kier alpha value is -0.600. The van der Waals surface area contributed by atoms with Crippen molar-refractivity contribution in [3.05, 3.63) is 21.9 Å². The number of rotatable bonds is 3. The van der Waals surface area contributed by atoms with Gasteiger partial charge in [-0.25, -0.2) is 4.98 Å². The van der Waals surface area contributed by atoms with E-state index < -0.39 is 0 Å². The number of nitrogens with one attached hydrogen (secondary N) is 1. The minimum atomic E-state index is 0. The highest BCUT2D eigenvalue weighted by molar-refractivity contribution is 9.10. The second-order valence-electron chi connectivity index (χ2n) is 8.38. The van der Waals surface area contributed by atoms with Crippen LogP contribution in [0, 0.1) is 5.92 Å². The van der Waals surface area contributed by atoms with E-state index in [4.69, 9.17) is 10.7 Å². The quantitative estimate of drug-likeness (QED) is 0.609. The van der Waals surface area contributed by atoms with Gasteiger partial charge in [-0.1, -0.05) is 12.8 Å². The Kier molecular flexibility index (Phi) is 6.52. The maximum atomic E-state index is 10.1. The molecule has 3 aliphatic carbocycles. The Balaban J connectivity index is 0.00000112. The van der Waals surface area contributed by atoms with Gasteiger partial charge in [0.25, 0.3) is 0 Å². The molecule has 2 aromatic heterocycles. The molecule has 0 bridgehead atoms. The lowest BCUT2D eigenvalue weighted by molar-refractivity contribution is 0.162. The molecule has 2 fully saturated rings. The van der Waals surface area contributed by atoms with Gasteiger partial charge in [0.05, 0.1) is 16.4 Å². The molecule has 5 rings (SSSR count). The Labute approximate surface area is 186 Å². The summed E-state index contributed by atoms with van der Waals surface area (Å²) in [5, 5.41) is 18.5. The number of aliphatic hydroxyl groups excluding tert-OH is 1. The number of nitrogens with two attached hydrogens (primary N) is 1. The predicted octanol–water partition coefficient (Wildman–Crippen LogP) is 3.60. The van der Waals surface area contributed by atoms with Gasteiger partial charge in [-0.05, 0) is 60.4 Å². The van der Waals surface area contributed by atoms with Crippen LogP contribution in [-0.2, 0) is 11.8 Å². The van der Waals surface area contributed by atoms with Crippen LogP contribution in [0.5, 0.6) is 0 Å². The first-order valence-electron chi connectivity index (χ1n) is 9.82. The van der Waals surface area contributed by atoms with Crippen molar-refractivity contribution in [1.29, 1.82) is 0 Å². The molecule has 156 valence electrons. The first-order valence-corrected chi connectivity index (χ1v) is 10.6. The van der Waals surface area contributed by atoms with E-state index in [-0.39, 0.29) is 48.8 Å². The van der Waals surface area contributed by atoms with Gasteiger partial charge >= 0.3 is 0 Å². The lowest BCUT2D eigenvalue weighted by atomic mass is 9.76. The number of hydrogen-bond acceptors (Lipinski definition) is 5. The average Bonchev–Trinajstić information content (AvgIpc) is 3.39. The van der Waals surface area contributed by atoms with Crippen molar-refractivity contribution in [2.24, 2.45) is 11.7 Å². The van der Waals surface area contributed by atoms with Crippen molar-refractivity contribution < 1.29 is 5.11 Å². The molecule has 0 aliphatic heterocycles. The van der Waals surface area contributed by atoms with E-state index >= 15 is 0 Å². The molecule has 0 aromatic carbocycles. The van der Waals surface area contributed by atoms with Crippen LogP contribution in [-0.4, -0.2) is 38.4 Å². The van der Waals surface area contributed by atoms with E-state index in [1.165, 1.54) is 24.1 Å². The minimum absolute atomic E-state index is 0. The predicted molar refractivity (Wildman–Crippen MR) is 119 cm³/mol. The number of anilines is 1. The molecule has 9 heteroatoms. The van der Waals surface area contributed by atoms with E-state index in [9.17, 15) is 5.11 Å². The highest BCUT2D eigenvalue weighted by atomic mass is 79.9. The fourth-order valence-electron chi connectivity index (χ4n) is 5.62. The zero-order chi connectivity index (χ0) is 17.9. The molecule has 0 radical (unpaired) electrons. The van der Waals surface area contributed by atoms with E-state index in [0.29, 0.717) is 6.04 Å².